The van der Waals surface area contributed by atoms with Crippen LogP contribution in [0.25, 0.3) is 23.1 Å². The Balaban J connectivity index is 1.55. The van der Waals surface area contributed by atoms with Crippen LogP contribution in [0.3, 0.4) is 0 Å². The van der Waals surface area contributed by atoms with Crippen molar-refractivity contribution < 1.29 is 57.2 Å². The Morgan fingerprint density at radius 1 is 0.493 bits per heavy atom. The lowest BCUT2D eigenvalue weighted by atomic mass is 9.84. The van der Waals surface area contributed by atoms with E-state index in [1.54, 1.807) is 36.4 Å². The Kier molecular flexibility index (Phi) is 22.4. The fourth-order valence-corrected chi connectivity index (χ4v) is 7.54. The molecule has 18 heteroatoms. The molecule has 0 aromatic heterocycles. The van der Waals surface area contributed by atoms with Crippen LogP contribution in [0, 0.1) is 29.2 Å². The maximum Gasteiger partial charge on any atom is 0.349 e. The van der Waals surface area contributed by atoms with Gasteiger partial charge in [0.15, 0.2) is 0 Å². The van der Waals surface area contributed by atoms with Crippen molar-refractivity contribution in [3.05, 3.63) is 154 Å². The van der Waals surface area contributed by atoms with Gasteiger partial charge in [-0.25, -0.2) is 28.8 Å². The highest BCUT2D eigenvalue weighted by Crippen LogP contribution is 2.35. The van der Waals surface area contributed by atoms with Gasteiger partial charge in [0.2, 0.25) is 0 Å². The van der Waals surface area contributed by atoms with Crippen LogP contribution in [-0.4, -0.2) is 115 Å². The Morgan fingerprint density at radius 3 is 1.00 bits per heavy atom. The molecule has 3 aromatic carbocycles. The highest BCUT2D eigenvalue weighted by Gasteiger charge is 2.35. The first-order valence-corrected chi connectivity index (χ1v) is 23.6. The second-order valence-corrected chi connectivity index (χ2v) is 17.4. The monoisotopic (exact) mass is 1020 g/mol. The predicted molar refractivity (Wildman–Crippen MR) is 282 cm³/mol. The van der Waals surface area contributed by atoms with E-state index in [1.807, 2.05) is 69.7 Å². The summed E-state index contributed by atoms with van der Waals surface area (Å²) < 4.78 is 30.3. The van der Waals surface area contributed by atoms with E-state index in [-0.39, 0.29) is 91.3 Å². The van der Waals surface area contributed by atoms with E-state index in [0.717, 1.165) is 36.3 Å². The minimum absolute atomic E-state index is 0.000703. The maximum atomic E-state index is 12.7. The average molecular weight is 1020 g/mol. The zero-order chi connectivity index (χ0) is 55.2. The van der Waals surface area contributed by atoms with Gasteiger partial charge in [0, 0.05) is 73.1 Å². The van der Waals surface area contributed by atoms with E-state index in [2.05, 4.69) is 39.3 Å². The number of esters is 6. The molecule has 2 unspecified atom stereocenters. The molecule has 2 atom stereocenters. The van der Waals surface area contributed by atoms with E-state index in [9.17, 15) is 39.3 Å². The molecule has 18 nitrogen and oxygen atoms in total. The Hall–Kier alpha value is -9.21. The summed E-state index contributed by atoms with van der Waals surface area (Å²) in [6.07, 6.45) is 6.51. The number of nitriles is 2. The van der Waals surface area contributed by atoms with Gasteiger partial charge in [-0.2, -0.15) is 10.5 Å². The standard InChI is InChI=1S/C57H60N6O12/c1-37(2)52(64)70-23-26-73-55(67)43(35-58)29-40-11-17-45(18-12-40)61(8)48-32-49(62(9)46-19-13-41(14-20-46)30-44(36-59)56(68)74-27-24-71-53(65)38(3)4)34-50(33-48)63(10)47-21-15-42(16-22-47)31-51(60-7)57(69)75-28-25-72-54(66)39(5)6/h11-22,29-31,48-50H,1,3,5,23-28,32-34H2,2,4,6,8-10H3/b43-29+,44-30+,51-31-. The Bertz CT molecular complexity index is 2530. The summed E-state index contributed by atoms with van der Waals surface area (Å²) in [6.45, 7) is 21.3. The summed E-state index contributed by atoms with van der Waals surface area (Å²) in [7, 11) is 6.04. The maximum absolute atomic E-state index is 12.7. The predicted octanol–water partition coefficient (Wildman–Crippen LogP) is 7.75. The number of ether oxygens (including phenoxy) is 6. The van der Waals surface area contributed by atoms with Crippen molar-refractivity contribution in [3.8, 4) is 12.1 Å². The van der Waals surface area contributed by atoms with Gasteiger partial charge in [-0.1, -0.05) is 56.1 Å². The molecule has 0 heterocycles. The summed E-state index contributed by atoms with van der Waals surface area (Å²) in [6, 6.07) is 26.0. The van der Waals surface area contributed by atoms with Gasteiger partial charge in [0.25, 0.3) is 5.70 Å². The summed E-state index contributed by atoms with van der Waals surface area (Å²) >= 11 is 0. The molecular weight excluding hydrogens is 961 g/mol. The van der Waals surface area contributed by atoms with Crippen LogP contribution in [0.1, 0.15) is 56.7 Å². The van der Waals surface area contributed by atoms with E-state index in [0.29, 0.717) is 16.7 Å². The van der Waals surface area contributed by atoms with Gasteiger partial charge in [0.05, 0.1) is 6.57 Å². The topological polar surface area (TPSA) is 219 Å². The molecule has 1 aliphatic carbocycles. The third-order valence-corrected chi connectivity index (χ3v) is 11.8. The molecule has 75 heavy (non-hydrogen) atoms. The molecule has 1 aliphatic rings. The molecule has 1 saturated carbocycles. The largest absolute Gasteiger partial charge is 0.467 e. The zero-order valence-corrected chi connectivity index (χ0v) is 43.0. The third-order valence-electron chi connectivity index (χ3n) is 11.8. The summed E-state index contributed by atoms with van der Waals surface area (Å²) in [5, 5.41) is 19.5. The van der Waals surface area contributed by atoms with Crippen molar-refractivity contribution in [2.75, 3.05) is 75.5 Å². The first-order chi connectivity index (χ1) is 35.8. The van der Waals surface area contributed by atoms with Crippen molar-refractivity contribution in [3.63, 3.8) is 0 Å². The quantitative estimate of drug-likeness (QED) is 0.0209. The number of carbonyl (C=O) groups is 6. The van der Waals surface area contributed by atoms with Crippen molar-refractivity contribution in [2.45, 2.75) is 58.2 Å². The molecule has 0 bridgehead atoms. The van der Waals surface area contributed by atoms with Gasteiger partial charge in [-0.15, -0.1) is 0 Å². The molecule has 0 spiro atoms. The number of nitrogens with zero attached hydrogens (tertiary/aromatic N) is 6. The van der Waals surface area contributed by atoms with Crippen molar-refractivity contribution in [2.24, 2.45) is 0 Å². The molecule has 0 saturated heterocycles. The van der Waals surface area contributed by atoms with Crippen LogP contribution in [0.2, 0.25) is 0 Å². The zero-order valence-electron chi connectivity index (χ0n) is 43.0. The van der Waals surface area contributed by atoms with Crippen LogP contribution in [0.4, 0.5) is 17.1 Å². The second-order valence-electron chi connectivity index (χ2n) is 17.4. The first-order valence-electron chi connectivity index (χ1n) is 23.6. The van der Waals surface area contributed by atoms with E-state index < -0.39 is 35.8 Å². The number of benzene rings is 3. The smallest absolute Gasteiger partial charge is 0.349 e. The second kappa shape index (κ2) is 28.7. The van der Waals surface area contributed by atoms with E-state index >= 15 is 0 Å². The molecule has 0 N–H and O–H groups in total. The molecular formula is C57H60N6O12. The Morgan fingerprint density at radius 2 is 0.747 bits per heavy atom. The Labute approximate surface area is 437 Å². The molecule has 0 radical (unpaired) electrons. The van der Waals surface area contributed by atoms with Crippen LogP contribution >= 0.6 is 0 Å². The molecule has 3 aromatic rings. The van der Waals surface area contributed by atoms with Crippen LogP contribution in [0.5, 0.6) is 0 Å². The average Bonchev–Trinajstić information content (AvgIpc) is 3.41. The van der Waals surface area contributed by atoms with E-state index in [4.69, 9.17) is 35.0 Å². The number of rotatable bonds is 24. The molecule has 4 rings (SSSR count). The van der Waals surface area contributed by atoms with Crippen LogP contribution in [0.15, 0.2) is 126 Å². The van der Waals surface area contributed by atoms with Crippen molar-refractivity contribution in [1.29, 1.82) is 10.5 Å². The van der Waals surface area contributed by atoms with Crippen LogP contribution < -0.4 is 14.7 Å². The normalized spacial score (nSPS) is 15.2. The number of anilines is 3. The fraction of sp³-hybridized carbons (Fsp3) is 0.316. The highest BCUT2D eigenvalue weighted by atomic mass is 16.6. The first kappa shape index (κ1) is 58.4. The molecule has 1 fully saturated rings. The molecule has 0 aliphatic heterocycles. The highest BCUT2D eigenvalue weighted by molar-refractivity contribution is 5.99. The summed E-state index contributed by atoms with van der Waals surface area (Å²) in [5.74, 6) is -4.41. The van der Waals surface area contributed by atoms with E-state index in [1.165, 1.54) is 39.0 Å². The summed E-state index contributed by atoms with van der Waals surface area (Å²) in [5.41, 5.74) is 4.36. The van der Waals surface area contributed by atoms with Gasteiger partial charge < -0.3 is 43.1 Å². The lowest BCUT2D eigenvalue weighted by Gasteiger charge is -2.47. The lowest BCUT2D eigenvalue weighted by Crippen LogP contribution is -2.52. The van der Waals surface area contributed by atoms with Gasteiger partial charge >= 0.3 is 35.8 Å². The minimum Gasteiger partial charge on any atom is -0.467 e. The number of carbonyl (C=O) groups excluding carboxylic acids is 6. The van der Waals surface area contributed by atoms with Gasteiger partial charge in [-0.05, 0) is 111 Å². The number of hydrogen-bond acceptors (Lipinski definition) is 17. The van der Waals surface area contributed by atoms with Crippen LogP contribution in [-0.2, 0) is 57.2 Å². The van der Waals surface area contributed by atoms with Crippen molar-refractivity contribution >= 4 is 71.1 Å². The molecule has 390 valence electrons. The van der Waals surface area contributed by atoms with Gasteiger partial charge in [-0.3, -0.25) is 4.79 Å². The lowest BCUT2D eigenvalue weighted by molar-refractivity contribution is -0.147. The fourth-order valence-electron chi connectivity index (χ4n) is 7.54. The SMILES string of the molecule is [C-]#[N+]/C(=C\c1ccc(N(C)C2CC(N(C)c3ccc(/C=C(\C#N)C(=O)OCCOC(=O)C(=C)C)cc3)CC(N(C)c3ccc(/C=C(\C#N)C(=O)OCCOC(=O)C(=C)C)cc3)C2)cc1)C(=O)OCCOC(=O)C(=C)C. The number of hydrogen-bond donors (Lipinski definition) is 0. The summed E-state index contributed by atoms with van der Waals surface area (Å²) in [4.78, 5) is 82.9. The third kappa shape index (κ3) is 17.8. The minimum atomic E-state index is -0.857. The van der Waals surface area contributed by atoms with Gasteiger partial charge in [0.1, 0.15) is 62.9 Å². The van der Waals surface area contributed by atoms with Crippen molar-refractivity contribution in [1.82, 2.24) is 0 Å². The molecule has 0 amide bonds.